The number of carbonyl (C=O) groups is 1. The minimum Gasteiger partial charge on any atom is -0.460 e. The second kappa shape index (κ2) is 14.1. The van der Waals surface area contributed by atoms with Crippen molar-refractivity contribution in [3.63, 3.8) is 0 Å². The summed E-state index contributed by atoms with van der Waals surface area (Å²) >= 11 is 0. The summed E-state index contributed by atoms with van der Waals surface area (Å²) in [6.07, 6.45) is 20.1. The lowest BCUT2D eigenvalue weighted by molar-refractivity contribution is -0.127. The molecule has 0 spiro atoms. The molecule has 0 saturated carbocycles. The molecule has 2 atom stereocenters. The number of aryl methyl sites for hydroxylation is 2. The lowest BCUT2D eigenvalue weighted by atomic mass is 9.81. The van der Waals surface area contributed by atoms with E-state index in [4.69, 9.17) is 4.74 Å². The van der Waals surface area contributed by atoms with E-state index in [0.717, 1.165) is 82.6 Å². The minimum absolute atomic E-state index is 0.0607. The molecule has 1 fully saturated rings. The van der Waals surface area contributed by atoms with Gasteiger partial charge >= 0.3 is 0 Å². The Balaban J connectivity index is 1.28. The number of rotatable bonds is 10. The number of likely N-dealkylation sites (N-methyl/N-ethyl adjacent to an activating group) is 1. The molecule has 5 rings (SSSR count). The van der Waals surface area contributed by atoms with E-state index in [-0.39, 0.29) is 11.3 Å². The van der Waals surface area contributed by atoms with Gasteiger partial charge in [0, 0.05) is 50.3 Å². The van der Waals surface area contributed by atoms with E-state index in [1.165, 1.54) is 16.8 Å². The van der Waals surface area contributed by atoms with Gasteiger partial charge in [-0.15, -0.1) is 0 Å². The molecule has 1 saturated heterocycles. The van der Waals surface area contributed by atoms with Crippen LogP contribution >= 0.6 is 0 Å². The number of likely N-dealkylation sites (tertiary alicyclic amines) is 1. The van der Waals surface area contributed by atoms with E-state index in [0.29, 0.717) is 5.92 Å². The molecule has 1 aliphatic carbocycles. The molecule has 2 unspecified atom stereocenters. The Morgan fingerprint density at radius 2 is 1.81 bits per heavy atom. The van der Waals surface area contributed by atoms with Gasteiger partial charge in [0.15, 0.2) is 0 Å². The largest absolute Gasteiger partial charge is 0.460 e. The second-order valence-electron chi connectivity index (χ2n) is 12.6. The summed E-state index contributed by atoms with van der Waals surface area (Å²) in [6, 6.07) is 19.3. The number of hydrogen-bond acceptors (Lipinski definition) is 4. The van der Waals surface area contributed by atoms with E-state index < -0.39 is 0 Å². The van der Waals surface area contributed by atoms with Crippen molar-refractivity contribution < 1.29 is 9.53 Å². The van der Waals surface area contributed by atoms with Crippen LogP contribution in [0.15, 0.2) is 103 Å². The summed E-state index contributed by atoms with van der Waals surface area (Å²) in [4.78, 5) is 19.4. The highest BCUT2D eigenvalue weighted by Gasteiger charge is 2.39. The molecular formula is C37H47N3O2. The quantitative estimate of drug-likeness (QED) is 0.230. The van der Waals surface area contributed by atoms with E-state index in [1.54, 1.807) is 6.08 Å². The number of piperidine rings is 1. The number of nitrogens with zero attached hydrogens (tertiary/aromatic N) is 3. The van der Waals surface area contributed by atoms with Crippen molar-refractivity contribution in [2.45, 2.75) is 51.9 Å². The zero-order chi connectivity index (χ0) is 29.4. The number of carbonyl (C=O) groups excluding carboxylic acids is 1. The summed E-state index contributed by atoms with van der Waals surface area (Å²) in [5.41, 5.74) is 3.91. The Morgan fingerprint density at radius 1 is 1.05 bits per heavy atom. The van der Waals surface area contributed by atoms with Crippen LogP contribution in [-0.4, -0.2) is 60.9 Å². The third kappa shape index (κ3) is 7.83. The topological polar surface area (TPSA) is 36.0 Å². The predicted octanol–water partition coefficient (Wildman–Crippen LogP) is 6.99. The average molecular weight is 566 g/mol. The van der Waals surface area contributed by atoms with Gasteiger partial charge in [-0.1, -0.05) is 73.7 Å². The highest BCUT2D eigenvalue weighted by atomic mass is 16.5. The Kier molecular flexibility index (Phi) is 10.0. The Bertz CT molecular complexity index is 1310. The van der Waals surface area contributed by atoms with Crippen LogP contribution in [-0.2, 0) is 17.6 Å². The highest BCUT2D eigenvalue weighted by Crippen LogP contribution is 2.45. The summed E-state index contributed by atoms with van der Waals surface area (Å²) in [5.74, 6) is 2.49. The first-order valence-electron chi connectivity index (χ1n) is 15.7. The van der Waals surface area contributed by atoms with E-state index in [1.807, 2.05) is 25.1 Å². The van der Waals surface area contributed by atoms with Crippen molar-refractivity contribution in [1.82, 2.24) is 14.7 Å². The van der Waals surface area contributed by atoms with Gasteiger partial charge in [-0.05, 0) is 81.8 Å². The zero-order valence-electron chi connectivity index (χ0n) is 25.7. The maximum Gasteiger partial charge on any atom is 0.246 e. The normalized spacial score (nSPS) is 25.0. The fourth-order valence-electron chi connectivity index (χ4n) is 6.41. The molecule has 5 heteroatoms. The molecule has 2 aliphatic heterocycles. The molecule has 2 aromatic rings. The number of benzene rings is 2. The van der Waals surface area contributed by atoms with Crippen molar-refractivity contribution in [2.24, 2.45) is 11.3 Å². The summed E-state index contributed by atoms with van der Waals surface area (Å²) in [6.45, 7) is 5.68. The van der Waals surface area contributed by atoms with Crippen LogP contribution in [0, 0.1) is 11.3 Å². The van der Waals surface area contributed by atoms with Crippen LogP contribution in [0.25, 0.3) is 0 Å². The molecule has 2 heterocycles. The Hall–Kier alpha value is -3.57. The summed E-state index contributed by atoms with van der Waals surface area (Å²) in [5, 5.41) is 0. The molecular weight excluding hydrogens is 518 g/mol. The first-order chi connectivity index (χ1) is 20.4. The van der Waals surface area contributed by atoms with Crippen LogP contribution in [0.4, 0.5) is 0 Å². The number of hydrogen-bond donors (Lipinski definition) is 0. The Labute approximate surface area is 252 Å². The number of allylic oxidation sites excluding steroid dienone is 3. The van der Waals surface area contributed by atoms with Crippen molar-refractivity contribution in [2.75, 3.05) is 40.3 Å². The van der Waals surface area contributed by atoms with Gasteiger partial charge in [-0.25, -0.2) is 0 Å². The number of ether oxygens (including phenoxy) is 1. The third-order valence-electron chi connectivity index (χ3n) is 8.74. The maximum atomic E-state index is 12.9. The monoisotopic (exact) mass is 565 g/mol. The molecule has 0 radical (unpaired) electrons. The van der Waals surface area contributed by atoms with Gasteiger partial charge < -0.3 is 19.4 Å². The molecule has 42 heavy (non-hydrogen) atoms. The molecule has 0 N–H and O–H groups in total. The molecule has 5 nitrogen and oxygen atoms in total. The fourth-order valence-corrected chi connectivity index (χ4v) is 6.41. The van der Waals surface area contributed by atoms with Crippen molar-refractivity contribution >= 4 is 5.91 Å². The lowest BCUT2D eigenvalue weighted by Gasteiger charge is -2.37. The third-order valence-corrected chi connectivity index (χ3v) is 8.74. The van der Waals surface area contributed by atoms with E-state index in [9.17, 15) is 4.79 Å². The first-order valence-corrected chi connectivity index (χ1v) is 15.7. The second-order valence-corrected chi connectivity index (χ2v) is 12.6. The van der Waals surface area contributed by atoms with Gasteiger partial charge in [-0.3, -0.25) is 4.79 Å². The Morgan fingerprint density at radius 3 is 2.57 bits per heavy atom. The van der Waals surface area contributed by atoms with Crippen LogP contribution in [0.3, 0.4) is 0 Å². The molecule has 2 aromatic carbocycles. The van der Waals surface area contributed by atoms with Gasteiger partial charge in [0.25, 0.3) is 0 Å². The zero-order valence-corrected chi connectivity index (χ0v) is 25.7. The van der Waals surface area contributed by atoms with E-state index in [2.05, 4.69) is 95.7 Å². The van der Waals surface area contributed by atoms with Gasteiger partial charge in [0.2, 0.25) is 5.91 Å². The van der Waals surface area contributed by atoms with Crippen molar-refractivity contribution in [1.29, 1.82) is 0 Å². The minimum atomic E-state index is -0.0607. The highest BCUT2D eigenvalue weighted by molar-refractivity contribution is 5.87. The molecule has 3 aliphatic rings. The maximum absolute atomic E-state index is 12.9. The van der Waals surface area contributed by atoms with Crippen LogP contribution < -0.4 is 4.74 Å². The van der Waals surface area contributed by atoms with Gasteiger partial charge in [0.05, 0.1) is 5.70 Å². The fraction of sp³-hybridized carbons (Fsp3) is 0.432. The molecule has 1 amide bonds. The summed E-state index contributed by atoms with van der Waals surface area (Å²) < 4.78 is 6.70. The summed E-state index contributed by atoms with van der Waals surface area (Å²) in [7, 11) is 4.03. The van der Waals surface area contributed by atoms with Gasteiger partial charge in [-0.2, -0.15) is 0 Å². The number of fused-ring (bicyclic) bond motifs is 1. The lowest BCUT2D eigenvalue weighted by Crippen LogP contribution is -2.42. The SMILES string of the molecule is CN(C)C/C=C/C(=O)N1CCCC(CN2C=CC3(C)CC/C=C\C/C(Oc4ccc(CCc5ccccc5)cc4)=C/23)C1. The number of amides is 1. The smallest absolute Gasteiger partial charge is 0.246 e. The van der Waals surface area contributed by atoms with Crippen molar-refractivity contribution in [3.8, 4) is 5.75 Å². The van der Waals surface area contributed by atoms with Crippen molar-refractivity contribution in [3.05, 3.63) is 114 Å². The average Bonchev–Trinajstić information content (AvgIpc) is 3.30. The van der Waals surface area contributed by atoms with Crippen LogP contribution in [0.2, 0.25) is 0 Å². The van der Waals surface area contributed by atoms with Gasteiger partial charge in [0.1, 0.15) is 11.5 Å². The van der Waals surface area contributed by atoms with Crippen LogP contribution in [0.5, 0.6) is 5.75 Å². The van der Waals surface area contributed by atoms with Crippen LogP contribution in [0.1, 0.15) is 50.2 Å². The molecule has 0 bridgehead atoms. The van der Waals surface area contributed by atoms with E-state index >= 15 is 0 Å². The standard InChI is InChI=1S/C37H47N3O2/c1-37-23-9-5-8-15-34(42-33-21-19-31(20-22-33)18-17-30-12-6-4-7-13-30)36(37)40(27-24-37)29-32-14-10-26-39(28-32)35(41)16-11-25-38(2)3/h4-8,11-13,16,19-22,24,27,32H,9-10,14-15,17-18,23,25-26,28-29H2,1-3H3/b8-5-,16-11+,36-34-. The molecule has 0 aromatic heterocycles. The molecule has 222 valence electrons. The predicted molar refractivity (Wildman–Crippen MR) is 172 cm³/mol. The first kappa shape index (κ1) is 29.9.